The number of carbonyl (C=O) groups excluding carboxylic acids is 1. The summed E-state index contributed by atoms with van der Waals surface area (Å²) in [6, 6.07) is 8.17. The van der Waals surface area contributed by atoms with E-state index >= 15 is 0 Å². The third-order valence-electron chi connectivity index (χ3n) is 5.51. The highest BCUT2D eigenvalue weighted by molar-refractivity contribution is 7.90. The second-order valence-corrected chi connectivity index (χ2v) is 9.32. The monoisotopic (exact) mass is 401 g/mol. The molecule has 1 amide bonds. The molecule has 0 unspecified atom stereocenters. The number of likely N-dealkylation sites (tertiary alicyclic amines) is 1. The molecule has 8 nitrogen and oxygen atoms in total. The van der Waals surface area contributed by atoms with Gasteiger partial charge in [0.1, 0.15) is 0 Å². The predicted molar refractivity (Wildman–Crippen MR) is 105 cm³/mol. The van der Waals surface area contributed by atoms with E-state index in [1.807, 2.05) is 6.92 Å². The maximum Gasteiger partial charge on any atom is 0.267 e. The molecule has 148 valence electrons. The predicted octanol–water partition coefficient (Wildman–Crippen LogP) is 1.14. The average molecular weight is 401 g/mol. The van der Waals surface area contributed by atoms with E-state index < -0.39 is 10.0 Å². The van der Waals surface area contributed by atoms with Gasteiger partial charge in [0.05, 0.1) is 16.0 Å². The zero-order valence-electron chi connectivity index (χ0n) is 15.6. The summed E-state index contributed by atoms with van der Waals surface area (Å²) in [7, 11) is -3.72. The number of aryl methyl sites for hydroxylation is 1. The molecule has 1 aromatic carbocycles. The molecular formula is C19H23N5O3S. The fourth-order valence-electron chi connectivity index (χ4n) is 3.72. The van der Waals surface area contributed by atoms with Crippen molar-refractivity contribution in [3.05, 3.63) is 53.9 Å². The second kappa shape index (κ2) is 6.66. The summed E-state index contributed by atoms with van der Waals surface area (Å²) in [4.78, 5) is 14.8. The number of carbonyl (C=O) groups is 1. The van der Waals surface area contributed by atoms with E-state index in [-0.39, 0.29) is 16.3 Å². The first-order valence-corrected chi connectivity index (χ1v) is 10.6. The number of aromatic nitrogens is 1. The Balaban J connectivity index is 1.48. The van der Waals surface area contributed by atoms with E-state index in [9.17, 15) is 13.2 Å². The van der Waals surface area contributed by atoms with Crippen molar-refractivity contribution >= 4 is 21.9 Å². The van der Waals surface area contributed by atoms with Crippen LogP contribution in [0.3, 0.4) is 0 Å². The molecule has 28 heavy (non-hydrogen) atoms. The van der Waals surface area contributed by atoms with Gasteiger partial charge in [-0.05, 0) is 38.0 Å². The molecule has 0 aliphatic carbocycles. The van der Waals surface area contributed by atoms with Crippen molar-refractivity contribution in [1.82, 2.24) is 19.5 Å². The Hall–Kier alpha value is -2.81. The van der Waals surface area contributed by atoms with Gasteiger partial charge in [0.25, 0.3) is 15.9 Å². The standard InChI is InChI=1S/C19H23N5O3S/c1-14-2-4-16(5-3-14)28(26,27)24-9-6-15(12-24)17(25)23-10-7-19(8-11-23)13-21-18(20)22-19/h2-6,9,12H,7-8,10-11,13H2,1H3,(H3,20,21,22). The summed E-state index contributed by atoms with van der Waals surface area (Å²) in [5.74, 6) is 0.159. The molecule has 0 radical (unpaired) electrons. The lowest BCUT2D eigenvalue weighted by molar-refractivity contribution is 0.0669. The van der Waals surface area contributed by atoms with Crippen molar-refractivity contribution in [3.63, 3.8) is 0 Å². The van der Waals surface area contributed by atoms with Gasteiger partial charge in [-0.3, -0.25) is 10.2 Å². The van der Waals surface area contributed by atoms with Gasteiger partial charge < -0.3 is 15.5 Å². The molecule has 3 N–H and O–H groups in total. The van der Waals surface area contributed by atoms with Crippen LogP contribution in [0.4, 0.5) is 0 Å². The van der Waals surface area contributed by atoms with Gasteiger partial charge in [0.15, 0.2) is 5.96 Å². The largest absolute Gasteiger partial charge is 0.354 e. The van der Waals surface area contributed by atoms with Crippen LogP contribution >= 0.6 is 0 Å². The zero-order chi connectivity index (χ0) is 19.9. The Morgan fingerprint density at radius 1 is 1.14 bits per heavy atom. The molecule has 0 saturated carbocycles. The maximum atomic E-state index is 12.8. The second-order valence-electron chi connectivity index (χ2n) is 7.47. The Bertz CT molecular complexity index is 1020. The lowest BCUT2D eigenvalue weighted by Gasteiger charge is -2.38. The highest BCUT2D eigenvalue weighted by Crippen LogP contribution is 2.25. The van der Waals surface area contributed by atoms with E-state index in [0.29, 0.717) is 31.2 Å². The minimum Gasteiger partial charge on any atom is -0.354 e. The summed E-state index contributed by atoms with van der Waals surface area (Å²) < 4.78 is 26.6. The van der Waals surface area contributed by atoms with E-state index in [0.717, 1.165) is 22.4 Å². The minimum absolute atomic E-state index is 0.158. The molecule has 2 aliphatic heterocycles. The highest BCUT2D eigenvalue weighted by atomic mass is 32.2. The van der Waals surface area contributed by atoms with Crippen molar-refractivity contribution in [2.75, 3.05) is 19.6 Å². The highest BCUT2D eigenvalue weighted by Gasteiger charge is 2.40. The normalized spacial score (nSPS) is 18.8. The van der Waals surface area contributed by atoms with Crippen LogP contribution in [0.15, 0.2) is 47.6 Å². The van der Waals surface area contributed by atoms with Crippen molar-refractivity contribution in [1.29, 1.82) is 5.41 Å². The van der Waals surface area contributed by atoms with E-state index in [1.54, 1.807) is 35.2 Å². The van der Waals surface area contributed by atoms with Crippen molar-refractivity contribution in [3.8, 4) is 0 Å². The molecule has 1 aromatic heterocycles. The Morgan fingerprint density at radius 2 is 1.82 bits per heavy atom. The van der Waals surface area contributed by atoms with Crippen LogP contribution in [0.25, 0.3) is 0 Å². The molecular weight excluding hydrogens is 378 g/mol. The first-order valence-electron chi connectivity index (χ1n) is 9.19. The quantitative estimate of drug-likeness (QED) is 0.715. The van der Waals surface area contributed by atoms with E-state index in [2.05, 4.69) is 10.6 Å². The van der Waals surface area contributed by atoms with Gasteiger partial charge in [-0.2, -0.15) is 0 Å². The molecule has 4 rings (SSSR count). The molecule has 0 bridgehead atoms. The number of hydrogen-bond donors (Lipinski definition) is 3. The number of nitrogens with zero attached hydrogens (tertiary/aromatic N) is 2. The Morgan fingerprint density at radius 3 is 2.43 bits per heavy atom. The van der Waals surface area contributed by atoms with Crippen LogP contribution in [-0.4, -0.2) is 54.3 Å². The smallest absolute Gasteiger partial charge is 0.267 e. The third-order valence-corrected chi connectivity index (χ3v) is 7.16. The summed E-state index contributed by atoms with van der Waals surface area (Å²) in [6.07, 6.45) is 4.29. The van der Waals surface area contributed by atoms with E-state index in [4.69, 9.17) is 5.41 Å². The summed E-state index contributed by atoms with van der Waals surface area (Å²) >= 11 is 0. The summed E-state index contributed by atoms with van der Waals surface area (Å²) in [6.45, 7) is 3.72. The van der Waals surface area contributed by atoms with Crippen LogP contribution in [0.5, 0.6) is 0 Å². The SMILES string of the molecule is Cc1ccc(S(=O)(=O)n2ccc(C(=O)N3CCC4(CC3)CNC(=N)N4)c2)cc1. The van der Waals surface area contributed by atoms with E-state index in [1.165, 1.54) is 12.4 Å². The van der Waals surface area contributed by atoms with Gasteiger partial charge in [-0.25, -0.2) is 12.4 Å². The van der Waals surface area contributed by atoms with Crippen LogP contribution < -0.4 is 10.6 Å². The topological polar surface area (TPSA) is 107 Å². The van der Waals surface area contributed by atoms with Gasteiger partial charge in [0.2, 0.25) is 0 Å². The van der Waals surface area contributed by atoms with Crippen LogP contribution in [0, 0.1) is 12.3 Å². The van der Waals surface area contributed by atoms with Crippen LogP contribution in [-0.2, 0) is 10.0 Å². The lowest BCUT2D eigenvalue weighted by Crippen LogP contribution is -2.53. The first kappa shape index (κ1) is 18.5. The summed E-state index contributed by atoms with van der Waals surface area (Å²) in [5.41, 5.74) is 1.18. The lowest BCUT2D eigenvalue weighted by atomic mass is 9.88. The van der Waals surface area contributed by atoms with Gasteiger partial charge in [-0.1, -0.05) is 17.7 Å². The summed E-state index contributed by atoms with van der Waals surface area (Å²) in [5, 5.41) is 13.8. The van der Waals surface area contributed by atoms with Crippen LogP contribution in [0.2, 0.25) is 0 Å². The van der Waals surface area contributed by atoms with Gasteiger partial charge >= 0.3 is 0 Å². The number of guanidine groups is 1. The third kappa shape index (κ3) is 3.26. The zero-order valence-corrected chi connectivity index (χ0v) is 16.4. The number of benzene rings is 1. The molecule has 1 spiro atoms. The fourth-order valence-corrected chi connectivity index (χ4v) is 4.92. The van der Waals surface area contributed by atoms with Crippen molar-refractivity contribution in [2.45, 2.75) is 30.2 Å². The number of hydrogen-bond acceptors (Lipinski definition) is 4. The Labute approximate surface area is 164 Å². The molecule has 3 heterocycles. The molecule has 2 aromatic rings. The number of amides is 1. The fraction of sp³-hybridized carbons (Fsp3) is 0.368. The van der Waals surface area contributed by atoms with Crippen molar-refractivity contribution in [2.24, 2.45) is 0 Å². The van der Waals surface area contributed by atoms with Crippen LogP contribution in [0.1, 0.15) is 28.8 Å². The minimum atomic E-state index is -3.72. The number of piperidine rings is 1. The molecule has 0 atom stereocenters. The van der Waals surface area contributed by atoms with Crippen molar-refractivity contribution < 1.29 is 13.2 Å². The average Bonchev–Trinajstić information content (AvgIpc) is 3.30. The molecule has 9 heteroatoms. The molecule has 2 aliphatic rings. The number of nitrogens with one attached hydrogen (secondary N) is 3. The van der Waals surface area contributed by atoms with Gasteiger partial charge in [-0.15, -0.1) is 0 Å². The van der Waals surface area contributed by atoms with Gasteiger partial charge in [0, 0.05) is 32.0 Å². The first-order chi connectivity index (χ1) is 13.3. The molecule has 2 fully saturated rings. The number of rotatable bonds is 3. The maximum absolute atomic E-state index is 12.8. The molecule has 2 saturated heterocycles. The Kier molecular flexibility index (Phi) is 4.41.